The molecule has 0 aliphatic heterocycles. The summed E-state index contributed by atoms with van der Waals surface area (Å²) in [6, 6.07) is 0. The third kappa shape index (κ3) is 2.10. The third-order valence-electron chi connectivity index (χ3n) is 3.85. The number of imidazole rings is 1. The molecule has 1 aromatic rings. The number of aromatic amines is 1. The Balaban J connectivity index is 3.39. The maximum atomic E-state index is 5.45. The van der Waals surface area contributed by atoms with Crippen LogP contribution in [0.15, 0.2) is 6.20 Å². The molecule has 1 N–H and O–H groups in total. The molecule has 0 bridgehead atoms. The molecule has 0 atom stereocenters. The van der Waals surface area contributed by atoms with Crippen molar-refractivity contribution in [2.45, 2.75) is 65.3 Å². The lowest BCUT2D eigenvalue weighted by Gasteiger charge is -2.34. The van der Waals surface area contributed by atoms with Crippen LogP contribution >= 0.6 is 12.2 Å². The van der Waals surface area contributed by atoms with Crippen molar-refractivity contribution in [1.82, 2.24) is 9.55 Å². The van der Waals surface area contributed by atoms with Gasteiger partial charge in [-0.15, -0.1) is 0 Å². The summed E-state index contributed by atoms with van der Waals surface area (Å²) in [6.45, 7) is 11.2. The Labute approximate surface area is 104 Å². The lowest BCUT2D eigenvalue weighted by molar-refractivity contribution is 0.239. The van der Waals surface area contributed by atoms with E-state index in [-0.39, 0.29) is 5.54 Å². The number of nitrogens with zero attached hydrogens (tertiary/aromatic N) is 1. The molecule has 0 spiro atoms. The van der Waals surface area contributed by atoms with Gasteiger partial charge >= 0.3 is 0 Å². The van der Waals surface area contributed by atoms with E-state index >= 15 is 0 Å². The first-order valence-electron chi connectivity index (χ1n) is 6.33. The molecule has 0 fully saturated rings. The highest BCUT2D eigenvalue weighted by molar-refractivity contribution is 7.71. The number of nitrogens with one attached hydrogen (secondary N) is 1. The van der Waals surface area contributed by atoms with E-state index in [1.807, 2.05) is 0 Å². The van der Waals surface area contributed by atoms with E-state index in [2.05, 4.69) is 50.4 Å². The summed E-state index contributed by atoms with van der Waals surface area (Å²) < 4.78 is 3.22. The smallest absolute Gasteiger partial charge is 0.177 e. The van der Waals surface area contributed by atoms with Crippen LogP contribution in [-0.4, -0.2) is 9.55 Å². The number of aromatic nitrogens is 2. The van der Waals surface area contributed by atoms with Crippen molar-refractivity contribution in [3.05, 3.63) is 16.7 Å². The molecule has 0 aliphatic rings. The summed E-state index contributed by atoms with van der Waals surface area (Å²) in [5.74, 6) is 0.511. The van der Waals surface area contributed by atoms with Crippen molar-refractivity contribution < 1.29 is 0 Å². The molecule has 0 aromatic carbocycles. The monoisotopic (exact) mass is 240 g/mol. The molecule has 2 nitrogen and oxygen atoms in total. The van der Waals surface area contributed by atoms with Gasteiger partial charge in [-0.1, -0.05) is 34.6 Å². The van der Waals surface area contributed by atoms with Crippen molar-refractivity contribution >= 4 is 12.2 Å². The number of H-pyrrole nitrogens is 1. The zero-order valence-electron chi connectivity index (χ0n) is 11.1. The minimum Gasteiger partial charge on any atom is -0.337 e. The van der Waals surface area contributed by atoms with Gasteiger partial charge in [0.15, 0.2) is 4.77 Å². The van der Waals surface area contributed by atoms with Gasteiger partial charge in [0.2, 0.25) is 0 Å². The van der Waals surface area contributed by atoms with E-state index < -0.39 is 0 Å². The van der Waals surface area contributed by atoms with Gasteiger partial charge in [0, 0.05) is 17.4 Å². The predicted molar refractivity (Wildman–Crippen MR) is 72.6 cm³/mol. The molecule has 1 heterocycles. The van der Waals surface area contributed by atoms with Crippen LogP contribution in [0.3, 0.4) is 0 Å². The van der Waals surface area contributed by atoms with E-state index in [0.717, 1.165) is 24.0 Å². The van der Waals surface area contributed by atoms with Crippen LogP contribution in [0.1, 0.15) is 65.5 Å². The van der Waals surface area contributed by atoms with Crippen LogP contribution in [0.2, 0.25) is 0 Å². The van der Waals surface area contributed by atoms with Gasteiger partial charge in [-0.05, 0) is 37.4 Å². The van der Waals surface area contributed by atoms with Gasteiger partial charge in [0.05, 0.1) is 0 Å². The van der Waals surface area contributed by atoms with E-state index in [1.165, 1.54) is 5.69 Å². The Morgan fingerprint density at radius 3 is 2.12 bits per heavy atom. The lowest BCUT2D eigenvalue weighted by Crippen LogP contribution is -2.33. The maximum absolute atomic E-state index is 5.45. The minimum atomic E-state index is 0.191. The summed E-state index contributed by atoms with van der Waals surface area (Å²) in [4.78, 5) is 3.20. The summed E-state index contributed by atoms with van der Waals surface area (Å²) in [5, 5.41) is 0. The second-order valence-corrected chi connectivity index (χ2v) is 5.18. The van der Waals surface area contributed by atoms with Gasteiger partial charge in [0.1, 0.15) is 0 Å². The molecule has 92 valence electrons. The zero-order valence-corrected chi connectivity index (χ0v) is 11.9. The second kappa shape index (κ2) is 5.17. The normalized spacial score (nSPS) is 12.4. The van der Waals surface area contributed by atoms with Crippen LogP contribution in [0, 0.1) is 4.77 Å². The van der Waals surface area contributed by atoms with E-state index in [0.29, 0.717) is 5.92 Å². The van der Waals surface area contributed by atoms with E-state index in [4.69, 9.17) is 12.2 Å². The first-order valence-corrected chi connectivity index (χ1v) is 6.74. The second-order valence-electron chi connectivity index (χ2n) is 4.79. The fraction of sp³-hybridized carbons (Fsp3) is 0.769. The largest absolute Gasteiger partial charge is 0.337 e. The quantitative estimate of drug-likeness (QED) is 0.746. The average molecular weight is 240 g/mol. The van der Waals surface area contributed by atoms with Crippen LogP contribution in [0.4, 0.5) is 0 Å². The van der Waals surface area contributed by atoms with Crippen LogP contribution in [0.25, 0.3) is 0 Å². The Bertz CT molecular complexity index is 375. The molecule has 0 amide bonds. The molecule has 0 saturated carbocycles. The fourth-order valence-electron chi connectivity index (χ4n) is 2.52. The standard InChI is InChI=1S/C13H24N2S/c1-6-13(7-2,8-3)15-11(10(4)5)9-14-12(15)16/h9-10H,6-8H2,1-5H3,(H,14,16). The minimum absolute atomic E-state index is 0.191. The zero-order chi connectivity index (χ0) is 12.3. The maximum Gasteiger partial charge on any atom is 0.177 e. The van der Waals surface area contributed by atoms with Crippen LogP contribution in [-0.2, 0) is 5.54 Å². The summed E-state index contributed by atoms with van der Waals surface area (Å²) in [5.41, 5.74) is 1.52. The van der Waals surface area contributed by atoms with Crippen molar-refractivity contribution in [3.8, 4) is 0 Å². The van der Waals surface area contributed by atoms with Crippen molar-refractivity contribution in [2.24, 2.45) is 0 Å². The molecular formula is C13H24N2S. The highest BCUT2D eigenvalue weighted by Crippen LogP contribution is 2.33. The first-order chi connectivity index (χ1) is 7.52. The van der Waals surface area contributed by atoms with E-state index in [9.17, 15) is 0 Å². The highest BCUT2D eigenvalue weighted by Gasteiger charge is 2.29. The predicted octanol–water partition coefficient (Wildman–Crippen LogP) is 4.59. The molecule has 16 heavy (non-hydrogen) atoms. The van der Waals surface area contributed by atoms with Gasteiger partial charge in [-0.2, -0.15) is 0 Å². The lowest BCUT2D eigenvalue weighted by atomic mass is 9.88. The number of hydrogen-bond donors (Lipinski definition) is 1. The topological polar surface area (TPSA) is 20.7 Å². The van der Waals surface area contributed by atoms with Gasteiger partial charge in [0.25, 0.3) is 0 Å². The molecule has 0 unspecified atom stereocenters. The Morgan fingerprint density at radius 2 is 1.75 bits per heavy atom. The Kier molecular flexibility index (Phi) is 4.36. The fourth-order valence-corrected chi connectivity index (χ4v) is 2.88. The Hall–Kier alpha value is -0.570. The summed E-state index contributed by atoms with van der Waals surface area (Å²) >= 11 is 5.45. The molecule has 0 radical (unpaired) electrons. The van der Waals surface area contributed by atoms with Gasteiger partial charge < -0.3 is 9.55 Å². The summed E-state index contributed by atoms with van der Waals surface area (Å²) in [6.07, 6.45) is 5.46. The SMILES string of the molecule is CCC(CC)(CC)n1c(C(C)C)c[nH]c1=S. The molecule has 1 rings (SSSR count). The molecule has 3 heteroatoms. The van der Waals surface area contributed by atoms with Crippen molar-refractivity contribution in [2.75, 3.05) is 0 Å². The average Bonchev–Trinajstić information content (AvgIpc) is 2.65. The van der Waals surface area contributed by atoms with Crippen molar-refractivity contribution in [1.29, 1.82) is 0 Å². The van der Waals surface area contributed by atoms with E-state index in [1.54, 1.807) is 0 Å². The molecule has 0 saturated heterocycles. The molecule has 1 aromatic heterocycles. The van der Waals surface area contributed by atoms with Crippen LogP contribution in [0.5, 0.6) is 0 Å². The Morgan fingerprint density at radius 1 is 1.25 bits per heavy atom. The van der Waals surface area contributed by atoms with Crippen LogP contribution < -0.4 is 0 Å². The first kappa shape index (κ1) is 13.5. The molecular weight excluding hydrogens is 216 g/mol. The van der Waals surface area contributed by atoms with Crippen molar-refractivity contribution in [3.63, 3.8) is 0 Å². The number of rotatable bonds is 5. The molecule has 0 aliphatic carbocycles. The van der Waals surface area contributed by atoms with Gasteiger partial charge in [-0.25, -0.2) is 0 Å². The highest BCUT2D eigenvalue weighted by atomic mass is 32.1. The summed E-state index contributed by atoms with van der Waals surface area (Å²) in [7, 11) is 0. The number of hydrogen-bond acceptors (Lipinski definition) is 1. The van der Waals surface area contributed by atoms with Gasteiger partial charge in [-0.3, -0.25) is 0 Å². The third-order valence-corrected chi connectivity index (χ3v) is 4.15.